The Kier molecular flexibility index (Phi) is 2.38. The van der Waals surface area contributed by atoms with Gasteiger partial charge in [0.05, 0.1) is 16.8 Å². The van der Waals surface area contributed by atoms with E-state index in [0.717, 1.165) is 0 Å². The summed E-state index contributed by atoms with van der Waals surface area (Å²) in [5.74, 6) is 0.500. The van der Waals surface area contributed by atoms with E-state index in [-0.39, 0.29) is 5.69 Å². The summed E-state index contributed by atoms with van der Waals surface area (Å²) in [5.41, 5.74) is 7.68. The molecule has 0 saturated carbocycles. The van der Waals surface area contributed by atoms with E-state index in [9.17, 15) is 10.1 Å². The molecule has 94 valence electrons. The quantitative estimate of drug-likeness (QED) is 0.556. The SMILES string of the molecule is Nc1ccc2nc(-c3ccc([N+](=O)[O-])cc3)nn2c1. The number of nitro benzene ring substituents is 1. The fraction of sp³-hybridized carbons (Fsp3) is 0. The van der Waals surface area contributed by atoms with E-state index in [1.165, 1.54) is 12.1 Å². The number of hydrogen-bond acceptors (Lipinski definition) is 5. The van der Waals surface area contributed by atoms with Crippen LogP contribution in [0.2, 0.25) is 0 Å². The average Bonchev–Trinajstić information content (AvgIpc) is 2.81. The number of aromatic nitrogens is 3. The molecule has 0 fully saturated rings. The van der Waals surface area contributed by atoms with Gasteiger partial charge in [-0.3, -0.25) is 10.1 Å². The van der Waals surface area contributed by atoms with Crippen molar-refractivity contribution in [3.63, 3.8) is 0 Å². The molecule has 0 aliphatic rings. The topological polar surface area (TPSA) is 99.3 Å². The predicted octanol–water partition coefficient (Wildman–Crippen LogP) is 1.89. The van der Waals surface area contributed by atoms with Crippen molar-refractivity contribution in [3.05, 3.63) is 52.7 Å². The van der Waals surface area contributed by atoms with Crippen LogP contribution in [0.3, 0.4) is 0 Å². The number of rotatable bonds is 2. The molecule has 0 radical (unpaired) electrons. The van der Waals surface area contributed by atoms with Crippen molar-refractivity contribution >= 4 is 17.0 Å². The zero-order chi connectivity index (χ0) is 13.4. The first kappa shape index (κ1) is 11.1. The summed E-state index contributed by atoms with van der Waals surface area (Å²) in [6.45, 7) is 0. The van der Waals surface area contributed by atoms with Gasteiger partial charge in [0.1, 0.15) is 0 Å². The maximum atomic E-state index is 10.6. The maximum Gasteiger partial charge on any atom is 0.269 e. The fourth-order valence-electron chi connectivity index (χ4n) is 1.75. The Hall–Kier alpha value is -2.96. The summed E-state index contributed by atoms with van der Waals surface area (Å²) < 4.78 is 1.58. The Labute approximate surface area is 107 Å². The van der Waals surface area contributed by atoms with Crippen LogP contribution in [0, 0.1) is 10.1 Å². The minimum atomic E-state index is -0.443. The minimum absolute atomic E-state index is 0.0387. The van der Waals surface area contributed by atoms with E-state index in [1.54, 1.807) is 35.0 Å². The fourth-order valence-corrected chi connectivity index (χ4v) is 1.75. The molecule has 3 aromatic rings. The summed E-state index contributed by atoms with van der Waals surface area (Å²) in [6.07, 6.45) is 1.66. The minimum Gasteiger partial charge on any atom is -0.397 e. The number of nitrogens with two attached hydrogens (primary N) is 1. The van der Waals surface area contributed by atoms with E-state index in [2.05, 4.69) is 10.1 Å². The Bertz CT molecular complexity index is 763. The highest BCUT2D eigenvalue weighted by atomic mass is 16.6. The molecule has 0 bridgehead atoms. The first-order valence-electron chi connectivity index (χ1n) is 5.50. The highest BCUT2D eigenvalue weighted by molar-refractivity contribution is 5.60. The number of hydrogen-bond donors (Lipinski definition) is 1. The largest absolute Gasteiger partial charge is 0.397 e. The first-order chi connectivity index (χ1) is 9.13. The third-order valence-corrected chi connectivity index (χ3v) is 2.69. The van der Waals surface area contributed by atoms with Gasteiger partial charge in [-0.25, -0.2) is 9.50 Å². The lowest BCUT2D eigenvalue weighted by Crippen LogP contribution is -1.91. The molecule has 2 N–H and O–H groups in total. The van der Waals surface area contributed by atoms with Crippen LogP contribution in [0.1, 0.15) is 0 Å². The number of non-ortho nitro benzene ring substituents is 1. The normalized spacial score (nSPS) is 10.7. The Morgan fingerprint density at radius 3 is 2.58 bits per heavy atom. The molecule has 0 spiro atoms. The van der Waals surface area contributed by atoms with Gasteiger partial charge in [0.2, 0.25) is 0 Å². The van der Waals surface area contributed by atoms with Crippen molar-refractivity contribution in [1.82, 2.24) is 14.6 Å². The molecule has 7 nitrogen and oxygen atoms in total. The van der Waals surface area contributed by atoms with E-state index < -0.39 is 4.92 Å². The van der Waals surface area contributed by atoms with Crippen LogP contribution < -0.4 is 5.73 Å². The van der Waals surface area contributed by atoms with E-state index in [1.807, 2.05) is 0 Å². The lowest BCUT2D eigenvalue weighted by Gasteiger charge is -1.94. The lowest BCUT2D eigenvalue weighted by molar-refractivity contribution is -0.384. The van der Waals surface area contributed by atoms with E-state index in [4.69, 9.17) is 5.73 Å². The molecule has 0 aliphatic heterocycles. The monoisotopic (exact) mass is 255 g/mol. The van der Waals surface area contributed by atoms with Crippen LogP contribution in [-0.4, -0.2) is 19.5 Å². The number of nitrogen functional groups attached to an aromatic ring is 1. The molecule has 2 heterocycles. The molecule has 2 aromatic heterocycles. The summed E-state index contributed by atoms with van der Waals surface area (Å²) in [5, 5.41) is 14.9. The van der Waals surface area contributed by atoms with Gasteiger partial charge < -0.3 is 5.73 Å². The van der Waals surface area contributed by atoms with E-state index >= 15 is 0 Å². The number of nitrogens with zero attached hydrogens (tertiary/aromatic N) is 4. The van der Waals surface area contributed by atoms with Gasteiger partial charge in [-0.2, -0.15) is 0 Å². The molecular weight excluding hydrogens is 246 g/mol. The second-order valence-electron chi connectivity index (χ2n) is 4.00. The van der Waals surface area contributed by atoms with Gasteiger partial charge in [0, 0.05) is 17.7 Å². The number of nitro groups is 1. The lowest BCUT2D eigenvalue weighted by atomic mass is 10.2. The zero-order valence-electron chi connectivity index (χ0n) is 9.72. The van der Waals surface area contributed by atoms with Gasteiger partial charge >= 0.3 is 0 Å². The summed E-state index contributed by atoms with van der Waals surface area (Å²) in [6, 6.07) is 9.60. The zero-order valence-corrected chi connectivity index (χ0v) is 9.72. The van der Waals surface area contributed by atoms with Crippen LogP contribution in [0.4, 0.5) is 11.4 Å². The molecule has 3 rings (SSSR count). The second kappa shape index (κ2) is 4.05. The van der Waals surface area contributed by atoms with Crippen molar-refractivity contribution in [2.45, 2.75) is 0 Å². The van der Waals surface area contributed by atoms with E-state index in [0.29, 0.717) is 22.7 Å². The van der Waals surface area contributed by atoms with Crippen LogP contribution in [0.5, 0.6) is 0 Å². The molecule has 7 heteroatoms. The molecule has 0 atom stereocenters. The highest BCUT2D eigenvalue weighted by Gasteiger charge is 2.09. The third-order valence-electron chi connectivity index (χ3n) is 2.69. The van der Waals surface area contributed by atoms with Crippen molar-refractivity contribution in [2.24, 2.45) is 0 Å². The van der Waals surface area contributed by atoms with Crippen LogP contribution in [0.15, 0.2) is 42.6 Å². The smallest absolute Gasteiger partial charge is 0.269 e. The Morgan fingerprint density at radius 2 is 1.89 bits per heavy atom. The molecule has 1 aromatic carbocycles. The summed E-state index contributed by atoms with van der Waals surface area (Å²) in [4.78, 5) is 14.5. The number of benzene rings is 1. The van der Waals surface area contributed by atoms with Crippen LogP contribution in [-0.2, 0) is 0 Å². The predicted molar refractivity (Wildman–Crippen MR) is 69.5 cm³/mol. The Morgan fingerprint density at radius 1 is 1.16 bits per heavy atom. The molecular formula is C12H9N5O2. The standard InChI is InChI=1S/C12H9N5O2/c13-9-3-6-11-14-12(15-16(11)7-9)8-1-4-10(5-2-8)17(18)19/h1-7H,13H2. The second-order valence-corrected chi connectivity index (χ2v) is 4.00. The Balaban J connectivity index is 2.06. The number of fused-ring (bicyclic) bond motifs is 1. The van der Waals surface area contributed by atoms with Crippen LogP contribution in [0.25, 0.3) is 17.0 Å². The molecule has 0 amide bonds. The molecule has 19 heavy (non-hydrogen) atoms. The number of pyridine rings is 1. The average molecular weight is 255 g/mol. The van der Waals surface area contributed by atoms with Crippen molar-refractivity contribution in [3.8, 4) is 11.4 Å². The van der Waals surface area contributed by atoms with Crippen molar-refractivity contribution in [2.75, 3.05) is 5.73 Å². The van der Waals surface area contributed by atoms with Gasteiger partial charge in [-0.15, -0.1) is 5.10 Å². The summed E-state index contributed by atoms with van der Waals surface area (Å²) >= 11 is 0. The summed E-state index contributed by atoms with van der Waals surface area (Å²) in [7, 11) is 0. The van der Waals surface area contributed by atoms with Crippen LogP contribution >= 0.6 is 0 Å². The third kappa shape index (κ3) is 1.97. The molecule has 0 unspecified atom stereocenters. The van der Waals surface area contributed by atoms with Gasteiger partial charge in [-0.05, 0) is 24.3 Å². The molecule has 0 aliphatic carbocycles. The maximum absolute atomic E-state index is 10.6. The van der Waals surface area contributed by atoms with Crippen molar-refractivity contribution < 1.29 is 4.92 Å². The van der Waals surface area contributed by atoms with Gasteiger partial charge in [-0.1, -0.05) is 0 Å². The van der Waals surface area contributed by atoms with Gasteiger partial charge in [0.25, 0.3) is 5.69 Å². The van der Waals surface area contributed by atoms with Crippen molar-refractivity contribution in [1.29, 1.82) is 0 Å². The number of anilines is 1. The van der Waals surface area contributed by atoms with Gasteiger partial charge in [0.15, 0.2) is 11.5 Å². The first-order valence-corrected chi connectivity index (χ1v) is 5.50. The molecule has 0 saturated heterocycles. The highest BCUT2D eigenvalue weighted by Crippen LogP contribution is 2.20.